The topological polar surface area (TPSA) is 96.2 Å². The molecule has 0 bridgehead atoms. The van der Waals surface area contributed by atoms with Crippen LogP contribution in [0, 0.1) is 5.41 Å². The molecule has 0 unspecified atom stereocenters. The molecule has 0 rings (SSSR count). The monoisotopic (exact) mass is 144 g/mol. The first-order chi connectivity index (χ1) is 4.46. The maximum absolute atomic E-state index is 10.5. The molecule has 5 heteroatoms. The van der Waals surface area contributed by atoms with E-state index in [2.05, 4.69) is 0 Å². The van der Waals surface area contributed by atoms with Crippen LogP contribution in [-0.4, -0.2) is 22.9 Å². The van der Waals surface area contributed by atoms with Crippen molar-refractivity contribution in [3.05, 3.63) is 0 Å². The van der Waals surface area contributed by atoms with Gasteiger partial charge in [0, 0.05) is 6.04 Å². The van der Waals surface area contributed by atoms with Gasteiger partial charge in [0.25, 0.3) is 0 Å². The van der Waals surface area contributed by atoms with Gasteiger partial charge in [-0.15, -0.1) is 0 Å². The highest BCUT2D eigenvalue weighted by molar-refractivity contribution is 5.93. The first-order valence-electron chi connectivity index (χ1n) is 2.89. The first kappa shape index (κ1) is 8.74. The maximum Gasteiger partial charge on any atom is 0.321 e. The molecule has 0 aliphatic carbocycles. The van der Waals surface area contributed by atoms with Crippen molar-refractivity contribution >= 4 is 12.0 Å². The van der Waals surface area contributed by atoms with Crippen LogP contribution in [0.3, 0.4) is 0 Å². The van der Waals surface area contributed by atoms with Crippen LogP contribution >= 0.6 is 0 Å². The lowest BCUT2D eigenvalue weighted by atomic mass is 10.3. The van der Waals surface area contributed by atoms with Gasteiger partial charge in [0.15, 0.2) is 5.96 Å². The Morgan fingerprint density at radius 2 is 1.90 bits per heavy atom. The lowest BCUT2D eigenvalue weighted by Gasteiger charge is -2.21. The normalized spacial score (nSPS) is 9.50. The van der Waals surface area contributed by atoms with Crippen molar-refractivity contribution < 1.29 is 4.79 Å². The average molecular weight is 144 g/mol. The smallest absolute Gasteiger partial charge is 0.321 e. The van der Waals surface area contributed by atoms with Crippen LogP contribution in [-0.2, 0) is 0 Å². The zero-order valence-corrected chi connectivity index (χ0v) is 6.09. The molecule has 5 nitrogen and oxygen atoms in total. The molecule has 0 aromatic heterocycles. The van der Waals surface area contributed by atoms with Gasteiger partial charge in [-0.05, 0) is 13.8 Å². The Morgan fingerprint density at radius 3 is 1.90 bits per heavy atom. The summed E-state index contributed by atoms with van der Waals surface area (Å²) in [5.74, 6) is -0.317. The molecule has 0 radical (unpaired) electrons. The van der Waals surface area contributed by atoms with Crippen LogP contribution in [0.15, 0.2) is 0 Å². The molecule has 5 N–H and O–H groups in total. The number of carbonyl (C=O) groups excluding carboxylic acids is 1. The van der Waals surface area contributed by atoms with E-state index >= 15 is 0 Å². The van der Waals surface area contributed by atoms with Gasteiger partial charge in [-0.2, -0.15) is 0 Å². The zero-order chi connectivity index (χ0) is 8.31. The molecular formula is C5H12N4O. The minimum Gasteiger partial charge on any atom is -0.370 e. The lowest BCUT2D eigenvalue weighted by molar-refractivity contribution is 0.222. The zero-order valence-electron chi connectivity index (χ0n) is 6.09. The maximum atomic E-state index is 10.5. The number of guanidine groups is 1. The van der Waals surface area contributed by atoms with Crippen molar-refractivity contribution in [1.82, 2.24) is 4.90 Å². The van der Waals surface area contributed by atoms with E-state index in [1.165, 1.54) is 0 Å². The fraction of sp³-hybridized carbons (Fsp3) is 0.600. The number of hydrogen-bond acceptors (Lipinski definition) is 2. The van der Waals surface area contributed by atoms with Gasteiger partial charge in [0.1, 0.15) is 0 Å². The summed E-state index contributed by atoms with van der Waals surface area (Å²) in [5.41, 5.74) is 9.95. The van der Waals surface area contributed by atoms with Crippen molar-refractivity contribution in [2.24, 2.45) is 11.5 Å². The van der Waals surface area contributed by atoms with E-state index in [1.54, 1.807) is 13.8 Å². The summed E-state index contributed by atoms with van der Waals surface area (Å²) in [6.45, 7) is 3.46. The summed E-state index contributed by atoms with van der Waals surface area (Å²) >= 11 is 0. The Kier molecular flexibility index (Phi) is 2.66. The molecule has 10 heavy (non-hydrogen) atoms. The second kappa shape index (κ2) is 3.05. The van der Waals surface area contributed by atoms with Gasteiger partial charge < -0.3 is 11.5 Å². The third-order valence-corrected chi connectivity index (χ3v) is 1.01. The molecule has 0 aliphatic rings. The van der Waals surface area contributed by atoms with Crippen molar-refractivity contribution in [3.63, 3.8) is 0 Å². The lowest BCUT2D eigenvalue weighted by Crippen LogP contribution is -2.48. The van der Waals surface area contributed by atoms with E-state index in [4.69, 9.17) is 16.9 Å². The summed E-state index contributed by atoms with van der Waals surface area (Å²) < 4.78 is 0. The Balaban J connectivity index is 4.27. The van der Waals surface area contributed by atoms with Crippen LogP contribution in [0.25, 0.3) is 0 Å². The summed E-state index contributed by atoms with van der Waals surface area (Å²) in [4.78, 5) is 11.5. The van der Waals surface area contributed by atoms with E-state index in [0.717, 1.165) is 4.90 Å². The molecule has 0 saturated heterocycles. The molecular weight excluding hydrogens is 132 g/mol. The van der Waals surface area contributed by atoms with Gasteiger partial charge in [-0.1, -0.05) is 0 Å². The van der Waals surface area contributed by atoms with Gasteiger partial charge in [0.05, 0.1) is 0 Å². The quantitative estimate of drug-likeness (QED) is 0.347. The highest BCUT2D eigenvalue weighted by Gasteiger charge is 2.15. The van der Waals surface area contributed by atoms with Crippen LogP contribution < -0.4 is 11.5 Å². The highest BCUT2D eigenvalue weighted by Crippen LogP contribution is 1.94. The molecule has 0 aliphatic heterocycles. The Hall–Kier alpha value is -1.26. The van der Waals surface area contributed by atoms with Gasteiger partial charge in [-0.25, -0.2) is 4.79 Å². The van der Waals surface area contributed by atoms with Gasteiger partial charge >= 0.3 is 6.03 Å². The van der Waals surface area contributed by atoms with E-state index in [-0.39, 0.29) is 12.0 Å². The minimum atomic E-state index is -0.692. The van der Waals surface area contributed by atoms with Crippen molar-refractivity contribution in [3.8, 4) is 0 Å². The predicted octanol–water partition coefficient (Wildman–Crippen LogP) is -0.331. The number of carbonyl (C=O) groups is 1. The standard InChI is InChI=1S/C5H12N4O/c1-3(2)9(4(6)7)5(8)10/h3H,1-2H3,(H3,6,7)(H2,8,10). The first-order valence-corrected chi connectivity index (χ1v) is 2.89. The number of nitrogens with zero attached hydrogens (tertiary/aromatic N) is 1. The largest absolute Gasteiger partial charge is 0.370 e. The second-order valence-electron chi connectivity index (χ2n) is 2.19. The summed E-state index contributed by atoms with van der Waals surface area (Å²) in [6.07, 6.45) is 0. The molecule has 0 aromatic carbocycles. The number of rotatable bonds is 1. The summed E-state index contributed by atoms with van der Waals surface area (Å²) in [5, 5.41) is 6.92. The van der Waals surface area contributed by atoms with E-state index in [1.807, 2.05) is 0 Å². The molecule has 58 valence electrons. The fourth-order valence-corrected chi connectivity index (χ4v) is 0.651. The Bertz CT molecular complexity index is 140. The number of amides is 2. The van der Waals surface area contributed by atoms with Gasteiger partial charge in [-0.3, -0.25) is 10.3 Å². The van der Waals surface area contributed by atoms with Crippen LogP contribution in [0.4, 0.5) is 4.79 Å². The SMILES string of the molecule is CC(C)N(C(=N)N)C(N)=O. The number of nitrogens with two attached hydrogens (primary N) is 2. The molecule has 0 aromatic rings. The molecule has 0 spiro atoms. The van der Waals surface area contributed by atoms with Crippen LogP contribution in [0.1, 0.15) is 13.8 Å². The van der Waals surface area contributed by atoms with Crippen molar-refractivity contribution in [2.75, 3.05) is 0 Å². The Morgan fingerprint density at radius 1 is 1.50 bits per heavy atom. The van der Waals surface area contributed by atoms with Crippen molar-refractivity contribution in [1.29, 1.82) is 5.41 Å². The third kappa shape index (κ3) is 1.93. The Labute approximate surface area is 59.5 Å². The average Bonchev–Trinajstić information content (AvgIpc) is 1.59. The summed E-state index contributed by atoms with van der Waals surface area (Å²) in [7, 11) is 0. The fourth-order valence-electron chi connectivity index (χ4n) is 0.651. The van der Waals surface area contributed by atoms with E-state index in [0.29, 0.717) is 0 Å². The molecule has 0 atom stereocenters. The van der Waals surface area contributed by atoms with Crippen LogP contribution in [0.2, 0.25) is 0 Å². The molecule has 2 amide bonds. The van der Waals surface area contributed by atoms with Gasteiger partial charge in [0.2, 0.25) is 0 Å². The van der Waals surface area contributed by atoms with Crippen LogP contribution in [0.5, 0.6) is 0 Å². The summed E-state index contributed by atoms with van der Waals surface area (Å²) in [6, 6.07) is -0.850. The number of urea groups is 1. The predicted molar refractivity (Wildman–Crippen MR) is 38.5 cm³/mol. The second-order valence-corrected chi connectivity index (χ2v) is 2.19. The third-order valence-electron chi connectivity index (χ3n) is 1.01. The highest BCUT2D eigenvalue weighted by atomic mass is 16.2. The number of primary amides is 1. The van der Waals surface area contributed by atoms with Crippen molar-refractivity contribution in [2.45, 2.75) is 19.9 Å². The molecule has 0 fully saturated rings. The molecule has 0 saturated carbocycles. The van der Waals surface area contributed by atoms with E-state index < -0.39 is 6.03 Å². The molecule has 0 heterocycles. The minimum absolute atomic E-state index is 0.157. The van der Waals surface area contributed by atoms with E-state index in [9.17, 15) is 4.79 Å². The number of nitrogens with one attached hydrogen (secondary N) is 1. The number of hydrogen-bond donors (Lipinski definition) is 3.